The monoisotopic (exact) mass is 239 g/mol. The van der Waals surface area contributed by atoms with Gasteiger partial charge in [-0.1, -0.05) is 19.8 Å². The highest BCUT2D eigenvalue weighted by Crippen LogP contribution is 2.11. The van der Waals surface area contributed by atoms with E-state index in [9.17, 15) is 4.79 Å². The highest BCUT2D eigenvalue weighted by Gasteiger charge is 2.21. The van der Waals surface area contributed by atoms with Crippen molar-refractivity contribution >= 4 is 6.09 Å². The molecule has 0 bridgehead atoms. The SMILES string of the molecule is C#CCN(CCCC(C)C)C(=O)OC(C)(C)C. The van der Waals surface area contributed by atoms with Crippen LogP contribution in [0.2, 0.25) is 0 Å². The molecule has 1 amide bonds. The number of hydrogen-bond donors (Lipinski definition) is 0. The van der Waals surface area contributed by atoms with Gasteiger partial charge >= 0.3 is 6.09 Å². The van der Waals surface area contributed by atoms with Gasteiger partial charge in [-0.05, 0) is 39.5 Å². The van der Waals surface area contributed by atoms with Gasteiger partial charge in [-0.15, -0.1) is 6.42 Å². The van der Waals surface area contributed by atoms with Crippen LogP contribution in [0.15, 0.2) is 0 Å². The average molecular weight is 239 g/mol. The van der Waals surface area contributed by atoms with E-state index in [0.717, 1.165) is 12.8 Å². The molecule has 0 saturated carbocycles. The van der Waals surface area contributed by atoms with E-state index in [4.69, 9.17) is 11.2 Å². The van der Waals surface area contributed by atoms with Crippen LogP contribution in [0, 0.1) is 18.3 Å². The van der Waals surface area contributed by atoms with Crippen molar-refractivity contribution in [2.45, 2.75) is 53.1 Å². The van der Waals surface area contributed by atoms with E-state index in [0.29, 0.717) is 19.0 Å². The highest BCUT2D eigenvalue weighted by atomic mass is 16.6. The Morgan fingerprint density at radius 1 is 1.41 bits per heavy atom. The predicted molar refractivity (Wildman–Crippen MR) is 70.7 cm³/mol. The summed E-state index contributed by atoms with van der Waals surface area (Å²) in [4.78, 5) is 13.4. The average Bonchev–Trinajstić information content (AvgIpc) is 2.13. The number of carbonyl (C=O) groups is 1. The molecule has 0 aromatic rings. The molecular formula is C14H25NO2. The zero-order valence-corrected chi connectivity index (χ0v) is 11.7. The molecule has 0 unspecified atom stereocenters. The number of rotatable bonds is 5. The van der Waals surface area contributed by atoms with Crippen molar-refractivity contribution in [2.24, 2.45) is 5.92 Å². The van der Waals surface area contributed by atoms with E-state index in [-0.39, 0.29) is 6.09 Å². The molecule has 0 spiro atoms. The summed E-state index contributed by atoms with van der Waals surface area (Å²) in [5.41, 5.74) is -0.470. The third-order valence-corrected chi connectivity index (χ3v) is 2.14. The number of amides is 1. The largest absolute Gasteiger partial charge is 0.444 e. The molecule has 0 radical (unpaired) electrons. The van der Waals surface area contributed by atoms with Crippen LogP contribution in [-0.2, 0) is 4.74 Å². The Bertz CT molecular complexity index is 271. The Kier molecular flexibility index (Phi) is 6.72. The summed E-state index contributed by atoms with van der Waals surface area (Å²) in [6.45, 7) is 10.9. The lowest BCUT2D eigenvalue weighted by Crippen LogP contribution is -2.37. The molecule has 0 fully saturated rings. The normalized spacial score (nSPS) is 11.1. The molecule has 0 heterocycles. The van der Waals surface area contributed by atoms with Crippen LogP contribution in [0.3, 0.4) is 0 Å². The van der Waals surface area contributed by atoms with Crippen LogP contribution in [-0.4, -0.2) is 29.7 Å². The molecule has 0 aromatic heterocycles. The molecule has 0 atom stereocenters. The second kappa shape index (κ2) is 7.21. The first kappa shape index (κ1) is 15.8. The fourth-order valence-corrected chi connectivity index (χ4v) is 1.36. The number of carbonyl (C=O) groups excluding carboxylic acids is 1. The standard InChI is InChI=1S/C14H25NO2/c1-7-10-15(11-8-9-12(2)3)13(16)17-14(4,5)6/h1,12H,8-11H2,2-6H3. The summed E-state index contributed by atoms with van der Waals surface area (Å²) in [6, 6.07) is 0. The highest BCUT2D eigenvalue weighted by molar-refractivity contribution is 5.68. The summed E-state index contributed by atoms with van der Waals surface area (Å²) in [5.74, 6) is 3.14. The van der Waals surface area contributed by atoms with Crippen LogP contribution in [0.1, 0.15) is 47.5 Å². The Hall–Kier alpha value is -1.17. The molecule has 98 valence electrons. The van der Waals surface area contributed by atoms with Crippen molar-refractivity contribution in [3.05, 3.63) is 0 Å². The van der Waals surface area contributed by atoms with Crippen molar-refractivity contribution in [2.75, 3.05) is 13.1 Å². The Labute approximate surface area is 106 Å². The van der Waals surface area contributed by atoms with E-state index in [1.54, 1.807) is 4.90 Å². The molecule has 0 aliphatic carbocycles. The number of nitrogens with zero attached hydrogens (tertiary/aromatic N) is 1. The number of hydrogen-bond acceptors (Lipinski definition) is 2. The van der Waals surface area contributed by atoms with Crippen molar-refractivity contribution in [3.63, 3.8) is 0 Å². The van der Waals surface area contributed by atoms with Crippen molar-refractivity contribution in [3.8, 4) is 12.3 Å². The van der Waals surface area contributed by atoms with Gasteiger partial charge in [0.2, 0.25) is 0 Å². The molecule has 0 aliphatic rings. The second-order valence-electron chi connectivity index (χ2n) is 5.64. The maximum atomic E-state index is 11.8. The van der Waals surface area contributed by atoms with Gasteiger partial charge in [-0.25, -0.2) is 4.79 Å². The second-order valence-corrected chi connectivity index (χ2v) is 5.64. The summed E-state index contributed by atoms with van der Waals surface area (Å²) < 4.78 is 5.30. The molecule has 0 aliphatic heterocycles. The third-order valence-electron chi connectivity index (χ3n) is 2.14. The predicted octanol–water partition coefficient (Wildman–Crippen LogP) is 3.29. The maximum absolute atomic E-state index is 11.8. The zero-order chi connectivity index (χ0) is 13.5. The maximum Gasteiger partial charge on any atom is 0.411 e. The number of terminal acetylenes is 1. The van der Waals surface area contributed by atoms with Crippen molar-refractivity contribution in [1.82, 2.24) is 4.90 Å². The van der Waals surface area contributed by atoms with Gasteiger partial charge in [0, 0.05) is 6.54 Å². The van der Waals surface area contributed by atoms with E-state index < -0.39 is 5.60 Å². The molecule has 0 aromatic carbocycles. The minimum absolute atomic E-state index is 0.313. The lowest BCUT2D eigenvalue weighted by molar-refractivity contribution is 0.0271. The molecule has 3 nitrogen and oxygen atoms in total. The van der Waals surface area contributed by atoms with E-state index in [1.165, 1.54) is 0 Å². The summed E-state index contributed by atoms with van der Waals surface area (Å²) in [5, 5.41) is 0. The first-order valence-corrected chi connectivity index (χ1v) is 6.17. The van der Waals surface area contributed by atoms with E-state index >= 15 is 0 Å². The van der Waals surface area contributed by atoms with Crippen molar-refractivity contribution < 1.29 is 9.53 Å². The Morgan fingerprint density at radius 3 is 2.41 bits per heavy atom. The van der Waals surface area contributed by atoms with Crippen LogP contribution < -0.4 is 0 Å². The first-order valence-electron chi connectivity index (χ1n) is 6.17. The van der Waals surface area contributed by atoms with Crippen LogP contribution >= 0.6 is 0 Å². The van der Waals surface area contributed by atoms with Gasteiger partial charge in [0.1, 0.15) is 5.60 Å². The van der Waals surface area contributed by atoms with E-state index in [2.05, 4.69) is 19.8 Å². The van der Waals surface area contributed by atoms with E-state index in [1.807, 2.05) is 20.8 Å². The summed E-state index contributed by atoms with van der Waals surface area (Å²) in [6.07, 6.45) is 6.99. The summed E-state index contributed by atoms with van der Waals surface area (Å²) >= 11 is 0. The third kappa shape index (κ3) is 8.62. The minimum Gasteiger partial charge on any atom is -0.444 e. The molecule has 3 heteroatoms. The zero-order valence-electron chi connectivity index (χ0n) is 11.7. The minimum atomic E-state index is -0.470. The fourth-order valence-electron chi connectivity index (χ4n) is 1.36. The lowest BCUT2D eigenvalue weighted by atomic mass is 10.1. The molecule has 17 heavy (non-hydrogen) atoms. The Balaban J connectivity index is 4.22. The van der Waals surface area contributed by atoms with Gasteiger partial charge in [-0.3, -0.25) is 4.90 Å². The molecule has 0 saturated heterocycles. The fraction of sp³-hybridized carbons (Fsp3) is 0.786. The molecule has 0 N–H and O–H groups in total. The topological polar surface area (TPSA) is 29.5 Å². The smallest absolute Gasteiger partial charge is 0.411 e. The summed E-state index contributed by atoms with van der Waals surface area (Å²) in [7, 11) is 0. The first-order chi connectivity index (χ1) is 7.76. The van der Waals surface area contributed by atoms with Gasteiger partial charge in [0.25, 0.3) is 0 Å². The van der Waals surface area contributed by atoms with Gasteiger partial charge in [0.15, 0.2) is 0 Å². The van der Waals surface area contributed by atoms with Gasteiger partial charge in [-0.2, -0.15) is 0 Å². The van der Waals surface area contributed by atoms with Gasteiger partial charge < -0.3 is 4.74 Å². The molecule has 0 rings (SSSR count). The van der Waals surface area contributed by atoms with Crippen LogP contribution in [0.4, 0.5) is 4.79 Å². The van der Waals surface area contributed by atoms with Crippen LogP contribution in [0.5, 0.6) is 0 Å². The lowest BCUT2D eigenvalue weighted by Gasteiger charge is -2.26. The van der Waals surface area contributed by atoms with Gasteiger partial charge in [0.05, 0.1) is 6.54 Å². The van der Waals surface area contributed by atoms with Crippen molar-refractivity contribution in [1.29, 1.82) is 0 Å². The quantitative estimate of drug-likeness (QED) is 0.689. The molecular weight excluding hydrogens is 214 g/mol. The Morgan fingerprint density at radius 2 is 2.00 bits per heavy atom. The van der Waals surface area contributed by atoms with Crippen LogP contribution in [0.25, 0.3) is 0 Å². The number of ether oxygens (including phenoxy) is 1.